The molecule has 3 fully saturated rings. The average molecular weight is 451 g/mol. The van der Waals surface area contributed by atoms with Gasteiger partial charge in [-0.3, -0.25) is 0 Å². The van der Waals surface area contributed by atoms with E-state index in [4.69, 9.17) is 23.6 Å². The topological polar surface area (TPSA) is 91.5 Å². The number of pyridine rings is 1. The number of anilines is 1. The van der Waals surface area contributed by atoms with Crippen LogP contribution in [0.25, 0.3) is 22.5 Å². The summed E-state index contributed by atoms with van der Waals surface area (Å²) >= 11 is 0. The Hall–Kier alpha value is -2.55. The molecule has 0 amide bonds. The molecule has 6 rings (SSSR count). The lowest BCUT2D eigenvalue weighted by Crippen LogP contribution is -2.23. The van der Waals surface area contributed by atoms with E-state index in [2.05, 4.69) is 55.3 Å². The van der Waals surface area contributed by atoms with Crippen molar-refractivity contribution in [1.82, 2.24) is 15.2 Å². The molecule has 2 atom stereocenters. The first-order valence-electron chi connectivity index (χ1n) is 11.8. The molecule has 2 saturated heterocycles. The Kier molecular flexibility index (Phi) is 4.94. The smallest absolute Gasteiger partial charge is 0.315 e. The molecule has 0 radical (unpaired) electrons. The van der Waals surface area contributed by atoms with Crippen LogP contribution in [-0.2, 0) is 19.6 Å². The Morgan fingerprint density at radius 1 is 1.03 bits per heavy atom. The van der Waals surface area contributed by atoms with Gasteiger partial charge < -0.3 is 23.9 Å². The average Bonchev–Trinajstić information content (AvgIpc) is 3.15. The zero-order valence-electron chi connectivity index (χ0n) is 19.6. The zero-order valence-corrected chi connectivity index (χ0v) is 19.6. The van der Waals surface area contributed by atoms with Crippen molar-refractivity contribution >= 4 is 16.9 Å². The van der Waals surface area contributed by atoms with Crippen LogP contribution >= 0.6 is 0 Å². The largest absolute Gasteiger partial charge is 0.402 e. The molecule has 0 bridgehead atoms. The Morgan fingerprint density at radius 3 is 2.48 bits per heavy atom. The van der Waals surface area contributed by atoms with Crippen molar-refractivity contribution in [3.05, 3.63) is 34.9 Å². The number of aromatic nitrogens is 3. The number of rotatable bonds is 5. The fourth-order valence-electron chi connectivity index (χ4n) is 4.70. The van der Waals surface area contributed by atoms with Gasteiger partial charge in [-0.05, 0) is 59.9 Å². The third-order valence-corrected chi connectivity index (χ3v) is 6.70. The number of nitrogens with one attached hydrogen (secondary N) is 1. The molecule has 2 aromatic heterocycles. The van der Waals surface area contributed by atoms with Gasteiger partial charge in [0, 0.05) is 5.39 Å². The van der Waals surface area contributed by atoms with Crippen LogP contribution in [0.3, 0.4) is 0 Å². The second-order valence-electron chi connectivity index (χ2n) is 10.4. The van der Waals surface area contributed by atoms with Crippen molar-refractivity contribution in [2.24, 2.45) is 0 Å². The lowest BCUT2D eigenvalue weighted by molar-refractivity contribution is -0.0843. The molecule has 3 aromatic rings. The number of fused-ring (bicyclic) bond motifs is 2. The van der Waals surface area contributed by atoms with E-state index in [1.54, 1.807) is 0 Å². The second kappa shape index (κ2) is 7.75. The van der Waals surface area contributed by atoms with Gasteiger partial charge in [0.05, 0.1) is 25.3 Å². The highest BCUT2D eigenvalue weighted by Gasteiger charge is 2.40. The van der Waals surface area contributed by atoms with E-state index >= 15 is 0 Å². The maximum atomic E-state index is 5.89. The van der Waals surface area contributed by atoms with Crippen molar-refractivity contribution in [3.63, 3.8) is 0 Å². The predicted octanol–water partition coefficient (Wildman–Crippen LogP) is 4.32. The summed E-state index contributed by atoms with van der Waals surface area (Å²) in [5.74, 6) is 1.09. The molecule has 0 spiro atoms. The molecule has 33 heavy (non-hydrogen) atoms. The van der Waals surface area contributed by atoms with Crippen molar-refractivity contribution in [2.75, 3.05) is 25.1 Å². The highest BCUT2D eigenvalue weighted by molar-refractivity contribution is 5.88. The molecule has 1 aliphatic carbocycles. The van der Waals surface area contributed by atoms with Crippen LogP contribution < -0.4 is 5.32 Å². The number of hydrogen-bond acceptors (Lipinski definition) is 8. The second-order valence-corrected chi connectivity index (χ2v) is 10.4. The van der Waals surface area contributed by atoms with E-state index in [1.807, 2.05) is 6.07 Å². The van der Waals surface area contributed by atoms with Crippen LogP contribution in [0.1, 0.15) is 56.2 Å². The van der Waals surface area contributed by atoms with Gasteiger partial charge in [-0.15, -0.1) is 5.10 Å². The number of hydrogen-bond donors (Lipinski definition) is 1. The molecule has 1 aromatic carbocycles. The lowest BCUT2D eigenvalue weighted by atomic mass is 9.83. The maximum absolute atomic E-state index is 5.89. The Morgan fingerprint density at radius 2 is 1.79 bits per heavy atom. The molecule has 4 heterocycles. The van der Waals surface area contributed by atoms with Crippen LogP contribution in [0.4, 0.5) is 6.01 Å². The monoisotopic (exact) mass is 450 g/mol. The van der Waals surface area contributed by atoms with Gasteiger partial charge in [0.2, 0.25) is 0 Å². The third-order valence-electron chi connectivity index (χ3n) is 6.70. The summed E-state index contributed by atoms with van der Waals surface area (Å²) in [4.78, 5) is 5.00. The van der Waals surface area contributed by atoms with Crippen molar-refractivity contribution in [3.8, 4) is 11.6 Å². The van der Waals surface area contributed by atoms with Crippen molar-refractivity contribution in [2.45, 2.75) is 70.4 Å². The summed E-state index contributed by atoms with van der Waals surface area (Å²) < 4.78 is 22.9. The third kappa shape index (κ3) is 4.00. The van der Waals surface area contributed by atoms with Crippen LogP contribution in [-0.4, -0.2) is 53.4 Å². The summed E-state index contributed by atoms with van der Waals surface area (Å²) in [6.45, 7) is 10.4. The van der Waals surface area contributed by atoms with Crippen LogP contribution in [0.5, 0.6) is 0 Å². The van der Waals surface area contributed by atoms with Gasteiger partial charge in [-0.25, -0.2) is 4.98 Å². The summed E-state index contributed by atoms with van der Waals surface area (Å²) in [6, 6.07) is 7.02. The van der Waals surface area contributed by atoms with Gasteiger partial charge >= 0.3 is 6.01 Å². The Bertz CT molecular complexity index is 1190. The zero-order chi connectivity index (χ0) is 22.7. The van der Waals surface area contributed by atoms with E-state index in [-0.39, 0.29) is 23.9 Å². The fourth-order valence-corrected chi connectivity index (χ4v) is 4.70. The molecule has 1 N–H and O–H groups in total. The van der Waals surface area contributed by atoms with Gasteiger partial charge in [0.1, 0.15) is 17.9 Å². The standard InChI is InChI=1S/C25H30N4O4/c1-13-7-18(27-22-16(13)8-15(14-5-6-14)9-17(22)25(2,3)4)23-28-29-24(33-23)26-10-21-31-19-11-30-12-20(19)32-21/h7-9,14,19-21H,5-6,10-12H2,1-4H3,(H,26,29). The van der Waals surface area contributed by atoms with Crippen molar-refractivity contribution < 1.29 is 18.6 Å². The molecule has 8 heteroatoms. The Labute approximate surface area is 193 Å². The van der Waals surface area contributed by atoms with Crippen LogP contribution in [0.15, 0.2) is 22.6 Å². The first-order chi connectivity index (χ1) is 15.8. The van der Waals surface area contributed by atoms with E-state index in [0.29, 0.717) is 43.3 Å². The first kappa shape index (κ1) is 21.0. The quantitative estimate of drug-likeness (QED) is 0.615. The van der Waals surface area contributed by atoms with Gasteiger partial charge in [0.15, 0.2) is 6.29 Å². The summed E-state index contributed by atoms with van der Waals surface area (Å²) in [6.07, 6.45) is 2.23. The molecule has 1 saturated carbocycles. The van der Waals surface area contributed by atoms with Gasteiger partial charge in [-0.2, -0.15) is 0 Å². The highest BCUT2D eigenvalue weighted by Crippen LogP contribution is 2.44. The first-order valence-corrected chi connectivity index (χ1v) is 11.8. The fraction of sp³-hybridized carbons (Fsp3) is 0.560. The molecule has 2 unspecified atom stereocenters. The minimum atomic E-state index is -0.352. The molecular weight excluding hydrogens is 420 g/mol. The lowest BCUT2D eigenvalue weighted by Gasteiger charge is -2.23. The van der Waals surface area contributed by atoms with Crippen molar-refractivity contribution in [1.29, 1.82) is 0 Å². The van der Waals surface area contributed by atoms with Gasteiger partial charge in [0.25, 0.3) is 5.89 Å². The van der Waals surface area contributed by atoms with Gasteiger partial charge in [-0.1, -0.05) is 31.9 Å². The summed E-state index contributed by atoms with van der Waals surface area (Å²) in [5, 5.41) is 12.7. The normalized spacial score (nSPS) is 25.0. The predicted molar refractivity (Wildman–Crippen MR) is 123 cm³/mol. The molecule has 8 nitrogen and oxygen atoms in total. The highest BCUT2D eigenvalue weighted by atomic mass is 16.8. The number of nitrogens with zero attached hydrogens (tertiary/aromatic N) is 3. The number of ether oxygens (including phenoxy) is 3. The van der Waals surface area contributed by atoms with E-state index in [0.717, 1.165) is 11.1 Å². The minimum Gasteiger partial charge on any atom is -0.402 e. The molecule has 2 aliphatic heterocycles. The molecular formula is C25H30N4O4. The van der Waals surface area contributed by atoms with E-state index in [1.165, 1.54) is 29.4 Å². The number of benzene rings is 1. The maximum Gasteiger partial charge on any atom is 0.315 e. The molecule has 174 valence electrons. The molecule has 3 aliphatic rings. The van der Waals surface area contributed by atoms with E-state index in [9.17, 15) is 0 Å². The SMILES string of the molecule is Cc1cc(-c2nnc(NCC3OC4COCC4O3)o2)nc2c(C(C)(C)C)cc(C3CC3)cc12. The number of aryl methyl sites for hydroxylation is 1. The van der Waals surface area contributed by atoms with E-state index < -0.39 is 0 Å². The Balaban J connectivity index is 1.26. The van der Waals surface area contributed by atoms with Crippen LogP contribution in [0, 0.1) is 6.92 Å². The van der Waals surface area contributed by atoms with Crippen LogP contribution in [0.2, 0.25) is 0 Å². The summed E-state index contributed by atoms with van der Waals surface area (Å²) in [5.41, 5.74) is 5.53. The minimum absolute atomic E-state index is 0.0114. The summed E-state index contributed by atoms with van der Waals surface area (Å²) in [7, 11) is 0.